The maximum Gasteiger partial charge on any atom is 0.302 e. The van der Waals surface area contributed by atoms with Crippen molar-refractivity contribution < 1.29 is 24.5 Å². The number of ether oxygens (including phenoxy) is 2. The molecule has 0 heterocycles. The molecule has 0 aromatic rings. The summed E-state index contributed by atoms with van der Waals surface area (Å²) in [5.74, 6) is -0.211. The number of esters is 1. The highest BCUT2D eigenvalue weighted by molar-refractivity contribution is 5.65. The molecule has 16 heavy (non-hydrogen) atoms. The lowest BCUT2D eigenvalue weighted by Gasteiger charge is -1.99. The average molecular weight is 236 g/mol. The van der Waals surface area contributed by atoms with Crippen molar-refractivity contribution in [3.05, 3.63) is 0 Å². The summed E-state index contributed by atoms with van der Waals surface area (Å²) >= 11 is 0. The highest BCUT2D eigenvalue weighted by atomic mass is 16.5. The van der Waals surface area contributed by atoms with Gasteiger partial charge in [-0.05, 0) is 25.7 Å². The minimum absolute atomic E-state index is 0.195. The lowest BCUT2D eigenvalue weighted by molar-refractivity contribution is -0.141. The van der Waals surface area contributed by atoms with Crippen molar-refractivity contribution in [1.82, 2.24) is 0 Å². The molecule has 98 valence electrons. The van der Waals surface area contributed by atoms with E-state index in [2.05, 4.69) is 0 Å². The molecule has 0 radical (unpaired) electrons. The van der Waals surface area contributed by atoms with Crippen LogP contribution in [0, 0.1) is 0 Å². The molecule has 0 aromatic heterocycles. The van der Waals surface area contributed by atoms with Crippen molar-refractivity contribution in [2.24, 2.45) is 0 Å². The quantitative estimate of drug-likeness (QED) is 0.480. The predicted octanol–water partition coefficient (Wildman–Crippen LogP) is 0.727. The van der Waals surface area contributed by atoms with E-state index in [-0.39, 0.29) is 19.2 Å². The van der Waals surface area contributed by atoms with Gasteiger partial charge in [0.15, 0.2) is 0 Å². The van der Waals surface area contributed by atoms with Crippen LogP contribution in [0.4, 0.5) is 0 Å². The third kappa shape index (κ3) is 23.3. The number of unbranched alkanes of at least 4 members (excludes halogenated alkanes) is 2. The lowest BCUT2D eigenvalue weighted by atomic mass is 10.3. The van der Waals surface area contributed by atoms with E-state index >= 15 is 0 Å². The van der Waals surface area contributed by atoms with Gasteiger partial charge in [0.1, 0.15) is 0 Å². The van der Waals surface area contributed by atoms with Gasteiger partial charge in [0.25, 0.3) is 0 Å². The Balaban J connectivity index is 0. The van der Waals surface area contributed by atoms with Gasteiger partial charge in [0.05, 0.1) is 6.61 Å². The van der Waals surface area contributed by atoms with Crippen molar-refractivity contribution in [2.45, 2.75) is 32.6 Å². The normalized spacial score (nSPS) is 9.25. The van der Waals surface area contributed by atoms with Crippen LogP contribution in [-0.2, 0) is 14.3 Å². The third-order valence-electron chi connectivity index (χ3n) is 1.61. The van der Waals surface area contributed by atoms with Crippen LogP contribution in [0.3, 0.4) is 0 Å². The summed E-state index contributed by atoms with van der Waals surface area (Å²) in [5, 5.41) is 16.2. The van der Waals surface area contributed by atoms with Crippen molar-refractivity contribution in [3.63, 3.8) is 0 Å². The fraction of sp³-hybridized carbons (Fsp3) is 0.909. The molecule has 2 N–H and O–H groups in total. The van der Waals surface area contributed by atoms with E-state index in [0.717, 1.165) is 32.3 Å². The van der Waals surface area contributed by atoms with Gasteiger partial charge in [-0.15, -0.1) is 0 Å². The summed E-state index contributed by atoms with van der Waals surface area (Å²) in [6.45, 7) is 3.05. The number of hydrogen-bond donors (Lipinski definition) is 2. The number of rotatable bonds is 8. The van der Waals surface area contributed by atoms with Crippen LogP contribution in [0.1, 0.15) is 32.6 Å². The highest BCUT2D eigenvalue weighted by Crippen LogP contribution is 1.90. The van der Waals surface area contributed by atoms with Crippen molar-refractivity contribution in [3.8, 4) is 0 Å². The molecule has 0 aliphatic heterocycles. The number of methoxy groups -OCH3 is 1. The Kier molecular flexibility index (Phi) is 18.6. The average Bonchev–Trinajstić information content (AvgIpc) is 2.26. The first kappa shape index (κ1) is 17.7. The van der Waals surface area contributed by atoms with Crippen LogP contribution in [0.25, 0.3) is 0 Å². The zero-order valence-electron chi connectivity index (χ0n) is 10.3. The fourth-order valence-electron chi connectivity index (χ4n) is 0.788. The van der Waals surface area contributed by atoms with E-state index < -0.39 is 0 Å². The third-order valence-corrected chi connectivity index (χ3v) is 1.61. The van der Waals surface area contributed by atoms with E-state index in [4.69, 9.17) is 19.7 Å². The van der Waals surface area contributed by atoms with Gasteiger partial charge >= 0.3 is 5.97 Å². The first-order valence-electron chi connectivity index (χ1n) is 5.53. The Labute approximate surface area is 97.4 Å². The molecule has 0 spiro atoms. The van der Waals surface area contributed by atoms with Gasteiger partial charge in [-0.2, -0.15) is 0 Å². The number of carbonyl (C=O) groups is 1. The summed E-state index contributed by atoms with van der Waals surface area (Å²) in [6.07, 6.45) is 3.27. The molecule has 0 unspecified atom stereocenters. The minimum atomic E-state index is -0.211. The predicted molar refractivity (Wildman–Crippen MR) is 61.1 cm³/mol. The summed E-state index contributed by atoms with van der Waals surface area (Å²) in [6, 6.07) is 0. The standard InChI is InChI=1S/C7H14O3.C4H10O2/c1-7(8)10-6-4-3-5-9-2;5-3-1-2-4-6/h3-6H2,1-2H3;5-6H,1-4H2. The molecule has 0 aliphatic rings. The van der Waals surface area contributed by atoms with Crippen LogP contribution in [0.2, 0.25) is 0 Å². The molecule has 0 fully saturated rings. The zero-order chi connectivity index (χ0) is 12.6. The topological polar surface area (TPSA) is 76.0 Å². The van der Waals surface area contributed by atoms with Gasteiger partial charge in [-0.3, -0.25) is 4.79 Å². The van der Waals surface area contributed by atoms with Gasteiger partial charge in [0.2, 0.25) is 0 Å². The van der Waals surface area contributed by atoms with Crippen molar-refractivity contribution in [2.75, 3.05) is 33.5 Å². The molecule has 0 aromatic carbocycles. The summed E-state index contributed by atoms with van der Waals surface area (Å²) < 4.78 is 9.50. The second-order valence-electron chi connectivity index (χ2n) is 3.19. The molecule has 0 bridgehead atoms. The Morgan fingerprint density at radius 2 is 1.50 bits per heavy atom. The van der Waals surface area contributed by atoms with Crippen LogP contribution >= 0.6 is 0 Å². The molecule has 0 atom stereocenters. The number of aliphatic hydroxyl groups is 2. The summed E-state index contributed by atoms with van der Waals surface area (Å²) in [7, 11) is 1.66. The van der Waals surface area contributed by atoms with E-state index in [0.29, 0.717) is 6.61 Å². The molecular formula is C11H24O5. The van der Waals surface area contributed by atoms with Gasteiger partial charge in [-0.25, -0.2) is 0 Å². The highest BCUT2D eigenvalue weighted by Gasteiger charge is 1.91. The number of aliphatic hydroxyl groups excluding tert-OH is 2. The Bertz CT molecular complexity index is 134. The van der Waals surface area contributed by atoms with Gasteiger partial charge < -0.3 is 19.7 Å². The van der Waals surface area contributed by atoms with Crippen molar-refractivity contribution >= 4 is 5.97 Å². The molecule has 0 amide bonds. The SMILES string of the molecule is COCCCCOC(C)=O.OCCCCO. The smallest absolute Gasteiger partial charge is 0.302 e. The first-order chi connectivity index (χ1) is 7.68. The van der Waals surface area contributed by atoms with E-state index in [1.165, 1.54) is 6.92 Å². The molecule has 0 aliphatic carbocycles. The fourth-order valence-corrected chi connectivity index (χ4v) is 0.788. The van der Waals surface area contributed by atoms with E-state index in [9.17, 15) is 4.79 Å². The Morgan fingerprint density at radius 3 is 1.88 bits per heavy atom. The Morgan fingerprint density at radius 1 is 1.00 bits per heavy atom. The van der Waals surface area contributed by atoms with Crippen molar-refractivity contribution in [1.29, 1.82) is 0 Å². The second-order valence-corrected chi connectivity index (χ2v) is 3.19. The Hall–Kier alpha value is -0.650. The number of hydrogen-bond acceptors (Lipinski definition) is 5. The monoisotopic (exact) mass is 236 g/mol. The van der Waals surface area contributed by atoms with Crippen LogP contribution in [0.15, 0.2) is 0 Å². The molecule has 5 heteroatoms. The summed E-state index contributed by atoms with van der Waals surface area (Å²) in [5.41, 5.74) is 0. The van der Waals surface area contributed by atoms with E-state index in [1.54, 1.807) is 7.11 Å². The minimum Gasteiger partial charge on any atom is -0.466 e. The number of carbonyl (C=O) groups excluding carboxylic acids is 1. The molecule has 0 rings (SSSR count). The first-order valence-corrected chi connectivity index (χ1v) is 5.53. The van der Waals surface area contributed by atoms with Crippen LogP contribution in [-0.4, -0.2) is 49.7 Å². The largest absolute Gasteiger partial charge is 0.466 e. The molecule has 0 saturated heterocycles. The molecule has 5 nitrogen and oxygen atoms in total. The maximum absolute atomic E-state index is 10.2. The second kappa shape index (κ2) is 16.8. The lowest BCUT2D eigenvalue weighted by Crippen LogP contribution is -2.01. The zero-order valence-corrected chi connectivity index (χ0v) is 10.3. The van der Waals surface area contributed by atoms with Gasteiger partial charge in [0, 0.05) is 33.9 Å². The van der Waals surface area contributed by atoms with Gasteiger partial charge in [-0.1, -0.05) is 0 Å². The van der Waals surface area contributed by atoms with Crippen LogP contribution in [0.5, 0.6) is 0 Å². The molecule has 0 saturated carbocycles. The van der Waals surface area contributed by atoms with Crippen LogP contribution < -0.4 is 0 Å². The van der Waals surface area contributed by atoms with E-state index in [1.807, 2.05) is 0 Å². The maximum atomic E-state index is 10.2. The summed E-state index contributed by atoms with van der Waals surface area (Å²) in [4.78, 5) is 10.2. The molecular weight excluding hydrogens is 212 g/mol.